The van der Waals surface area contributed by atoms with Crippen molar-refractivity contribution in [2.75, 3.05) is 29.5 Å². The number of fused-ring (bicyclic) bond motifs is 2. The fourth-order valence-corrected chi connectivity index (χ4v) is 7.18. The Balaban J connectivity index is 1.65. The lowest BCUT2D eigenvalue weighted by molar-refractivity contribution is -0.437. The van der Waals surface area contributed by atoms with Gasteiger partial charge in [-0.05, 0) is 50.1 Å². The van der Waals surface area contributed by atoms with Gasteiger partial charge in [-0.15, -0.1) is 0 Å². The highest BCUT2D eigenvalue weighted by Crippen LogP contribution is 2.47. The SMILES string of the molecule is CC1(C)C(/C=C/C(Br)=C/C=C2\N(CCCS(=O)(=O)O)c3ccccc3C2(C)C)=[N+](CCCS(=O)(=O)[O-])c2ccccc21. The lowest BCUT2D eigenvalue weighted by Gasteiger charge is -2.27. The summed E-state index contributed by atoms with van der Waals surface area (Å²) in [6.45, 7) is 9.35. The third-order valence-electron chi connectivity index (χ3n) is 7.96. The predicted octanol–water partition coefficient (Wildman–Crippen LogP) is 5.79. The fourth-order valence-electron chi connectivity index (χ4n) is 5.94. The molecule has 0 aromatic heterocycles. The highest BCUT2D eigenvalue weighted by atomic mass is 79.9. The first kappa shape index (κ1) is 32.3. The smallest absolute Gasteiger partial charge is 0.264 e. The largest absolute Gasteiger partial charge is 0.748 e. The van der Waals surface area contributed by atoms with Gasteiger partial charge in [0.05, 0.1) is 21.3 Å². The maximum Gasteiger partial charge on any atom is 0.264 e. The second kappa shape index (κ2) is 12.2. The lowest BCUT2D eigenvalue weighted by atomic mass is 9.81. The van der Waals surface area contributed by atoms with Gasteiger partial charge in [-0.3, -0.25) is 4.55 Å². The van der Waals surface area contributed by atoms with E-state index in [1.807, 2.05) is 60.7 Å². The number of halogens is 1. The minimum Gasteiger partial charge on any atom is -0.748 e. The molecule has 2 heterocycles. The molecule has 0 saturated carbocycles. The van der Waals surface area contributed by atoms with Crippen LogP contribution in [0.25, 0.3) is 0 Å². The van der Waals surface area contributed by atoms with Crippen LogP contribution in [0.3, 0.4) is 0 Å². The summed E-state index contributed by atoms with van der Waals surface area (Å²) in [5, 5.41) is 0. The molecule has 42 heavy (non-hydrogen) atoms. The number of benzene rings is 2. The first-order valence-electron chi connectivity index (χ1n) is 13.8. The van der Waals surface area contributed by atoms with Crippen LogP contribution in [0, 0.1) is 0 Å². The number of hydrogen-bond acceptors (Lipinski definition) is 6. The van der Waals surface area contributed by atoms with E-state index in [1.54, 1.807) is 0 Å². The monoisotopic (exact) mass is 676 g/mol. The van der Waals surface area contributed by atoms with Gasteiger partial charge < -0.3 is 9.45 Å². The van der Waals surface area contributed by atoms with Crippen LogP contribution in [0.5, 0.6) is 0 Å². The molecule has 0 spiro atoms. The molecule has 2 aliphatic rings. The van der Waals surface area contributed by atoms with Gasteiger partial charge in [-0.2, -0.15) is 13.0 Å². The Kier molecular flexibility index (Phi) is 9.40. The minimum absolute atomic E-state index is 0.222. The molecule has 0 unspecified atom stereocenters. The molecule has 0 radical (unpaired) electrons. The van der Waals surface area contributed by atoms with Gasteiger partial charge in [-0.25, -0.2) is 8.42 Å². The van der Waals surface area contributed by atoms with Gasteiger partial charge in [0, 0.05) is 57.7 Å². The molecule has 0 atom stereocenters. The third kappa shape index (κ3) is 7.14. The van der Waals surface area contributed by atoms with Crippen molar-refractivity contribution in [3.05, 3.63) is 94.1 Å². The zero-order valence-electron chi connectivity index (χ0n) is 24.2. The molecule has 2 aromatic carbocycles. The Morgan fingerprint density at radius 3 is 2.26 bits per heavy atom. The second-order valence-corrected chi connectivity index (χ2v) is 15.7. The van der Waals surface area contributed by atoms with Gasteiger partial charge in [0.1, 0.15) is 6.54 Å². The van der Waals surface area contributed by atoms with Crippen molar-refractivity contribution in [1.29, 1.82) is 0 Å². The van der Waals surface area contributed by atoms with Crippen molar-refractivity contribution in [3.8, 4) is 0 Å². The average Bonchev–Trinajstić information content (AvgIpc) is 3.24. The highest BCUT2D eigenvalue weighted by Gasteiger charge is 2.44. The van der Waals surface area contributed by atoms with E-state index < -0.39 is 26.0 Å². The molecule has 2 aliphatic heterocycles. The van der Waals surface area contributed by atoms with Gasteiger partial charge in [0.25, 0.3) is 10.1 Å². The van der Waals surface area contributed by atoms with E-state index in [4.69, 9.17) is 0 Å². The normalized spacial score (nSPS) is 19.2. The molecule has 1 N–H and O–H groups in total. The highest BCUT2D eigenvalue weighted by molar-refractivity contribution is 9.11. The van der Waals surface area contributed by atoms with Crippen molar-refractivity contribution in [2.45, 2.75) is 51.4 Å². The Labute approximate surface area is 257 Å². The summed E-state index contributed by atoms with van der Waals surface area (Å²) in [7, 11) is -8.36. The second-order valence-electron chi connectivity index (χ2n) is 11.7. The molecule has 0 bridgehead atoms. The first-order valence-corrected chi connectivity index (χ1v) is 17.8. The van der Waals surface area contributed by atoms with Crippen molar-refractivity contribution in [1.82, 2.24) is 0 Å². The Hall–Kier alpha value is -2.57. The summed E-state index contributed by atoms with van der Waals surface area (Å²) >= 11 is 3.68. The van der Waals surface area contributed by atoms with E-state index in [-0.39, 0.29) is 29.4 Å². The van der Waals surface area contributed by atoms with Crippen molar-refractivity contribution >= 4 is 53.3 Å². The van der Waals surface area contributed by atoms with E-state index in [1.165, 1.54) is 0 Å². The van der Waals surface area contributed by atoms with Gasteiger partial charge in [-0.1, -0.05) is 66.2 Å². The predicted molar refractivity (Wildman–Crippen MR) is 171 cm³/mol. The Bertz CT molecular complexity index is 1700. The molecule has 2 aromatic rings. The Morgan fingerprint density at radius 1 is 0.952 bits per heavy atom. The maximum atomic E-state index is 11.4. The van der Waals surface area contributed by atoms with Gasteiger partial charge in [0.2, 0.25) is 5.69 Å². The number of nitrogens with zero attached hydrogens (tertiary/aromatic N) is 2. The summed E-state index contributed by atoms with van der Waals surface area (Å²) in [5.41, 5.74) is 5.61. The molecule has 0 saturated heterocycles. The minimum atomic E-state index is -4.30. The van der Waals surface area contributed by atoms with Crippen molar-refractivity contribution in [3.63, 3.8) is 0 Å². The van der Waals surface area contributed by atoms with Crippen LogP contribution in [-0.2, 0) is 31.1 Å². The third-order valence-corrected chi connectivity index (χ3v) is 10.1. The van der Waals surface area contributed by atoms with Crippen LogP contribution < -0.4 is 4.90 Å². The van der Waals surface area contributed by atoms with E-state index in [0.717, 1.165) is 38.4 Å². The molecular formula is C31H37BrN2O6S2. The number of hydrogen-bond donors (Lipinski definition) is 1. The summed E-state index contributed by atoms with van der Waals surface area (Å²) in [6, 6.07) is 16.1. The number of para-hydroxylation sites is 2. The molecule has 0 fully saturated rings. The zero-order valence-corrected chi connectivity index (χ0v) is 27.5. The summed E-state index contributed by atoms with van der Waals surface area (Å²) < 4.78 is 68.6. The summed E-state index contributed by atoms with van der Waals surface area (Å²) in [4.78, 5) is 2.11. The Morgan fingerprint density at radius 2 is 1.60 bits per heavy atom. The van der Waals surface area contributed by atoms with E-state index in [9.17, 15) is 25.9 Å². The van der Waals surface area contributed by atoms with E-state index in [0.29, 0.717) is 13.1 Å². The van der Waals surface area contributed by atoms with E-state index >= 15 is 0 Å². The van der Waals surface area contributed by atoms with Crippen LogP contribution in [0.4, 0.5) is 11.4 Å². The van der Waals surface area contributed by atoms with Gasteiger partial charge >= 0.3 is 0 Å². The molecule has 0 amide bonds. The van der Waals surface area contributed by atoms with Gasteiger partial charge in [0.15, 0.2) is 5.71 Å². The van der Waals surface area contributed by atoms with E-state index in [2.05, 4.69) is 65.2 Å². The topological polar surface area (TPSA) is 118 Å². The average molecular weight is 678 g/mol. The van der Waals surface area contributed by atoms with Crippen LogP contribution in [0.2, 0.25) is 0 Å². The molecular weight excluding hydrogens is 640 g/mol. The quantitative estimate of drug-likeness (QED) is 0.182. The fraction of sp³-hybridized carbons (Fsp3) is 0.387. The number of allylic oxidation sites excluding steroid dienone is 6. The molecule has 226 valence electrons. The standard InChI is InChI=1S/C31H37BrN2O6S2/c1-30(2)24-11-5-7-13-26(24)33(19-9-21-41(35,36)37)28(30)17-15-23(32)16-18-29-31(3,4)25-12-6-8-14-27(25)34(29)20-10-22-42(38,39)40/h5-8,11-18H,9-10,19-22H2,1-4H3,(H-,35,36,37,38,39,40). The molecule has 11 heteroatoms. The number of rotatable bonds is 11. The molecule has 8 nitrogen and oxygen atoms in total. The summed E-state index contributed by atoms with van der Waals surface area (Å²) in [6.07, 6.45) is 8.46. The maximum absolute atomic E-state index is 11.4. The zero-order chi connectivity index (χ0) is 30.9. The first-order chi connectivity index (χ1) is 19.5. The lowest BCUT2D eigenvalue weighted by Crippen LogP contribution is -2.28. The van der Waals surface area contributed by atoms with Crippen molar-refractivity contribution in [2.24, 2.45) is 0 Å². The summed E-state index contributed by atoms with van der Waals surface area (Å²) in [5.74, 6) is -0.727. The van der Waals surface area contributed by atoms with Crippen LogP contribution in [0.15, 0.2) is 83.0 Å². The van der Waals surface area contributed by atoms with Crippen LogP contribution in [0.1, 0.15) is 51.7 Å². The number of anilines is 1. The van der Waals surface area contributed by atoms with Crippen LogP contribution >= 0.6 is 15.9 Å². The van der Waals surface area contributed by atoms with Crippen molar-refractivity contribution < 1.29 is 30.5 Å². The molecule has 4 rings (SSSR count). The molecule has 0 aliphatic carbocycles. The van der Waals surface area contributed by atoms with Crippen LogP contribution in [-0.4, -0.2) is 60.8 Å².